The molecule has 0 bridgehead atoms. The first-order chi connectivity index (χ1) is 15.6. The van der Waals surface area contributed by atoms with Gasteiger partial charge in [0.2, 0.25) is 0 Å². The highest BCUT2D eigenvalue weighted by atomic mass is 19.1. The molecule has 0 unspecified atom stereocenters. The van der Waals surface area contributed by atoms with Crippen LogP contribution in [0.15, 0.2) is 36.4 Å². The van der Waals surface area contributed by atoms with Gasteiger partial charge in [-0.25, -0.2) is 8.78 Å². The molecule has 3 heteroatoms. The van der Waals surface area contributed by atoms with E-state index in [0.29, 0.717) is 17.4 Å². The maximum atomic E-state index is 15.1. The number of hydrogen-bond acceptors (Lipinski definition) is 1. The molecular weight excluding hydrogens is 402 g/mol. The predicted octanol–water partition coefficient (Wildman–Crippen LogP) is 8.63. The maximum absolute atomic E-state index is 15.1. The van der Waals surface area contributed by atoms with Gasteiger partial charge in [0.15, 0.2) is 0 Å². The Bertz CT molecular complexity index is 836. The highest BCUT2D eigenvalue weighted by molar-refractivity contribution is 5.66. The Hall–Kier alpha value is -1.74. The molecule has 0 spiro atoms. The van der Waals surface area contributed by atoms with E-state index in [1.807, 2.05) is 12.1 Å². The number of halogens is 2. The lowest BCUT2D eigenvalue weighted by Crippen LogP contribution is -2.17. The molecule has 2 aromatic rings. The molecule has 32 heavy (non-hydrogen) atoms. The highest BCUT2D eigenvalue weighted by Crippen LogP contribution is 2.40. The van der Waals surface area contributed by atoms with E-state index >= 15 is 8.78 Å². The summed E-state index contributed by atoms with van der Waals surface area (Å²) in [5.74, 6) is 1.43. The van der Waals surface area contributed by atoms with Crippen LogP contribution in [0.25, 0.3) is 11.1 Å². The zero-order valence-electron chi connectivity index (χ0n) is 19.7. The van der Waals surface area contributed by atoms with Crippen molar-refractivity contribution in [3.63, 3.8) is 0 Å². The lowest BCUT2D eigenvalue weighted by molar-refractivity contribution is 0.127. The fraction of sp³-hybridized carbons (Fsp3) is 0.586. The molecule has 2 aromatic carbocycles. The van der Waals surface area contributed by atoms with Gasteiger partial charge in [-0.1, -0.05) is 44.0 Å². The Morgan fingerprint density at radius 3 is 1.81 bits per heavy atom. The van der Waals surface area contributed by atoms with Crippen molar-refractivity contribution in [2.24, 2.45) is 11.8 Å². The second-order valence-corrected chi connectivity index (χ2v) is 10.2. The first-order valence-corrected chi connectivity index (χ1v) is 12.7. The summed E-state index contributed by atoms with van der Waals surface area (Å²) in [6, 6.07) is 11.1. The molecule has 174 valence electrons. The lowest BCUT2D eigenvalue weighted by Gasteiger charge is -2.29. The summed E-state index contributed by atoms with van der Waals surface area (Å²) >= 11 is 0. The summed E-state index contributed by atoms with van der Waals surface area (Å²) in [4.78, 5) is 0. The SMILES string of the molecule is CCCC1CCC(c2cc(F)c(-c3ccc(C4CCC(COC)CC4)cc3)c(F)c2)CC1. The van der Waals surface area contributed by atoms with Crippen LogP contribution in [-0.4, -0.2) is 13.7 Å². The highest BCUT2D eigenvalue weighted by Gasteiger charge is 2.25. The van der Waals surface area contributed by atoms with E-state index in [4.69, 9.17) is 4.74 Å². The van der Waals surface area contributed by atoms with Crippen molar-refractivity contribution in [1.29, 1.82) is 0 Å². The van der Waals surface area contributed by atoms with Crippen LogP contribution in [0.2, 0.25) is 0 Å². The first kappa shape index (κ1) is 23.4. The molecule has 0 amide bonds. The zero-order valence-corrected chi connectivity index (χ0v) is 19.7. The summed E-state index contributed by atoms with van der Waals surface area (Å²) in [5, 5.41) is 0. The minimum atomic E-state index is -0.427. The summed E-state index contributed by atoms with van der Waals surface area (Å²) in [5.41, 5.74) is 2.87. The third-order valence-electron chi connectivity index (χ3n) is 8.00. The van der Waals surface area contributed by atoms with Crippen LogP contribution in [0, 0.1) is 23.5 Å². The average molecular weight is 441 g/mol. The van der Waals surface area contributed by atoms with Crippen molar-refractivity contribution in [3.05, 3.63) is 59.2 Å². The van der Waals surface area contributed by atoms with Gasteiger partial charge in [0.05, 0.1) is 5.56 Å². The van der Waals surface area contributed by atoms with E-state index in [-0.39, 0.29) is 11.5 Å². The summed E-state index contributed by atoms with van der Waals surface area (Å²) < 4.78 is 35.4. The summed E-state index contributed by atoms with van der Waals surface area (Å²) in [6.45, 7) is 3.08. The molecule has 2 saturated carbocycles. The Balaban J connectivity index is 1.44. The molecule has 0 heterocycles. The van der Waals surface area contributed by atoms with Crippen molar-refractivity contribution in [2.75, 3.05) is 13.7 Å². The smallest absolute Gasteiger partial charge is 0.134 e. The van der Waals surface area contributed by atoms with E-state index < -0.39 is 11.6 Å². The minimum absolute atomic E-state index is 0.115. The Morgan fingerprint density at radius 1 is 0.750 bits per heavy atom. The van der Waals surface area contributed by atoms with Gasteiger partial charge < -0.3 is 4.74 Å². The molecule has 2 aliphatic rings. The van der Waals surface area contributed by atoms with Crippen LogP contribution in [-0.2, 0) is 4.74 Å². The van der Waals surface area contributed by atoms with E-state index in [1.54, 1.807) is 19.2 Å². The minimum Gasteiger partial charge on any atom is -0.384 e. The van der Waals surface area contributed by atoms with Crippen LogP contribution in [0.4, 0.5) is 8.78 Å². The number of rotatable bonds is 7. The topological polar surface area (TPSA) is 9.23 Å². The van der Waals surface area contributed by atoms with Crippen LogP contribution < -0.4 is 0 Å². The fourth-order valence-corrected chi connectivity index (χ4v) is 6.12. The van der Waals surface area contributed by atoms with Crippen molar-refractivity contribution in [2.45, 2.75) is 83.0 Å². The molecule has 0 atom stereocenters. The summed E-state index contributed by atoms with van der Waals surface area (Å²) in [7, 11) is 1.77. The fourth-order valence-electron chi connectivity index (χ4n) is 6.12. The van der Waals surface area contributed by atoms with Crippen molar-refractivity contribution < 1.29 is 13.5 Å². The van der Waals surface area contributed by atoms with E-state index in [9.17, 15) is 0 Å². The Labute approximate surface area is 192 Å². The maximum Gasteiger partial charge on any atom is 0.134 e. The second kappa shape index (κ2) is 10.9. The van der Waals surface area contributed by atoms with E-state index in [1.165, 1.54) is 44.1 Å². The number of benzene rings is 2. The van der Waals surface area contributed by atoms with E-state index in [0.717, 1.165) is 43.8 Å². The molecule has 0 aromatic heterocycles. The molecule has 0 radical (unpaired) electrons. The third-order valence-corrected chi connectivity index (χ3v) is 8.00. The summed E-state index contributed by atoms with van der Waals surface area (Å²) in [6.07, 6.45) is 11.6. The van der Waals surface area contributed by atoms with Crippen LogP contribution >= 0.6 is 0 Å². The van der Waals surface area contributed by atoms with Crippen LogP contribution in [0.1, 0.15) is 94.1 Å². The molecule has 4 rings (SSSR count). The van der Waals surface area contributed by atoms with Crippen molar-refractivity contribution in [3.8, 4) is 11.1 Å². The zero-order chi connectivity index (χ0) is 22.5. The molecular formula is C29H38F2O. The largest absolute Gasteiger partial charge is 0.384 e. The van der Waals surface area contributed by atoms with Gasteiger partial charge in [-0.3, -0.25) is 0 Å². The molecule has 2 aliphatic carbocycles. The molecule has 0 N–H and O–H groups in total. The van der Waals surface area contributed by atoms with Gasteiger partial charge >= 0.3 is 0 Å². The number of ether oxygens (including phenoxy) is 1. The lowest BCUT2D eigenvalue weighted by atomic mass is 9.77. The molecule has 0 aliphatic heterocycles. The van der Waals surface area contributed by atoms with Gasteiger partial charge in [-0.15, -0.1) is 0 Å². The van der Waals surface area contributed by atoms with Gasteiger partial charge in [0.25, 0.3) is 0 Å². The molecule has 1 nitrogen and oxygen atoms in total. The van der Waals surface area contributed by atoms with Gasteiger partial charge in [-0.05, 0) is 104 Å². The monoisotopic (exact) mass is 440 g/mol. The molecule has 2 fully saturated rings. The van der Waals surface area contributed by atoms with Gasteiger partial charge in [0, 0.05) is 13.7 Å². The first-order valence-electron chi connectivity index (χ1n) is 12.7. The van der Waals surface area contributed by atoms with Gasteiger partial charge in [-0.2, -0.15) is 0 Å². The standard InChI is InChI=1S/C29H38F2O/c1-3-4-20-5-9-24(10-6-20)26-17-27(30)29(28(31)18-26)25-15-13-23(14-16-25)22-11-7-21(8-12-22)19-32-2/h13-18,20-22,24H,3-12,19H2,1-2H3. The van der Waals surface area contributed by atoms with Crippen LogP contribution in [0.5, 0.6) is 0 Å². The van der Waals surface area contributed by atoms with E-state index in [2.05, 4.69) is 19.1 Å². The van der Waals surface area contributed by atoms with Crippen molar-refractivity contribution in [1.82, 2.24) is 0 Å². The van der Waals surface area contributed by atoms with Crippen molar-refractivity contribution >= 4 is 0 Å². The third kappa shape index (κ3) is 5.42. The number of methoxy groups -OCH3 is 1. The van der Waals surface area contributed by atoms with Gasteiger partial charge in [0.1, 0.15) is 11.6 Å². The Morgan fingerprint density at radius 2 is 1.28 bits per heavy atom. The predicted molar refractivity (Wildman–Crippen MR) is 128 cm³/mol. The average Bonchev–Trinajstić information content (AvgIpc) is 2.81. The van der Waals surface area contributed by atoms with Crippen LogP contribution in [0.3, 0.4) is 0 Å². The second-order valence-electron chi connectivity index (χ2n) is 10.2. The molecule has 0 saturated heterocycles. The normalized spacial score (nSPS) is 26.2. The Kier molecular flexibility index (Phi) is 7.99. The number of hydrogen-bond donors (Lipinski definition) is 0. The quantitative estimate of drug-likeness (QED) is 0.419.